The minimum absolute atomic E-state index is 0.0700. The SMILES string of the molecule is C=C(C)C(=O)OCC(O)CCC(CO)COc1ccc2cc(-c3ccccc3)oc2c1. The van der Waals surface area contributed by atoms with Crippen molar-refractivity contribution in [1.82, 2.24) is 0 Å². The lowest BCUT2D eigenvalue weighted by molar-refractivity contribution is -0.142. The van der Waals surface area contributed by atoms with Gasteiger partial charge in [-0.3, -0.25) is 0 Å². The Morgan fingerprint density at radius 2 is 1.87 bits per heavy atom. The second kappa shape index (κ2) is 10.8. The molecular weight excluding hydrogens is 396 g/mol. The molecule has 0 aliphatic heterocycles. The van der Waals surface area contributed by atoms with E-state index >= 15 is 0 Å². The Balaban J connectivity index is 1.51. The van der Waals surface area contributed by atoms with Crippen LogP contribution in [0.5, 0.6) is 5.75 Å². The Morgan fingerprint density at radius 1 is 1.10 bits per heavy atom. The number of carbonyl (C=O) groups is 1. The van der Waals surface area contributed by atoms with Gasteiger partial charge in [0.25, 0.3) is 0 Å². The van der Waals surface area contributed by atoms with Crippen molar-refractivity contribution >= 4 is 16.9 Å². The highest BCUT2D eigenvalue weighted by Gasteiger charge is 2.15. The number of ether oxygens (including phenoxy) is 2. The first kappa shape index (κ1) is 22.6. The van der Waals surface area contributed by atoms with Gasteiger partial charge in [0, 0.05) is 35.1 Å². The van der Waals surface area contributed by atoms with Gasteiger partial charge in [0.05, 0.1) is 12.7 Å². The summed E-state index contributed by atoms with van der Waals surface area (Å²) in [5.41, 5.74) is 2.03. The van der Waals surface area contributed by atoms with Crippen LogP contribution in [-0.2, 0) is 9.53 Å². The Hall–Kier alpha value is -3.09. The van der Waals surface area contributed by atoms with Crippen molar-refractivity contribution in [3.05, 3.63) is 66.7 Å². The van der Waals surface area contributed by atoms with Crippen LogP contribution in [0.4, 0.5) is 0 Å². The minimum atomic E-state index is -0.798. The molecule has 164 valence electrons. The van der Waals surface area contributed by atoms with E-state index in [-0.39, 0.29) is 19.1 Å². The zero-order valence-corrected chi connectivity index (χ0v) is 17.6. The summed E-state index contributed by atoms with van der Waals surface area (Å²) >= 11 is 0. The molecule has 6 heteroatoms. The second-order valence-electron chi connectivity index (χ2n) is 7.65. The minimum Gasteiger partial charge on any atom is -0.493 e. The standard InChI is InChI=1S/C25H28O6/c1-17(2)25(28)30-16-21(27)10-8-18(14-26)15-29-22-11-9-20-12-23(31-24(20)13-22)19-6-4-3-5-7-19/h3-7,9,11-13,18,21,26-27H,1,8,10,14-16H2,2H3. The molecule has 0 saturated carbocycles. The van der Waals surface area contributed by atoms with E-state index < -0.39 is 12.1 Å². The molecule has 0 spiro atoms. The van der Waals surface area contributed by atoms with Crippen molar-refractivity contribution in [3.63, 3.8) is 0 Å². The zero-order chi connectivity index (χ0) is 22.2. The van der Waals surface area contributed by atoms with Gasteiger partial charge < -0.3 is 24.1 Å². The highest BCUT2D eigenvalue weighted by Crippen LogP contribution is 2.30. The van der Waals surface area contributed by atoms with Gasteiger partial charge in [-0.1, -0.05) is 36.9 Å². The average Bonchev–Trinajstić information content (AvgIpc) is 3.21. The van der Waals surface area contributed by atoms with Crippen LogP contribution in [0, 0.1) is 5.92 Å². The van der Waals surface area contributed by atoms with Crippen LogP contribution in [-0.4, -0.2) is 42.1 Å². The van der Waals surface area contributed by atoms with Crippen molar-refractivity contribution in [1.29, 1.82) is 0 Å². The van der Waals surface area contributed by atoms with Gasteiger partial charge in [-0.2, -0.15) is 0 Å². The summed E-state index contributed by atoms with van der Waals surface area (Å²) in [4.78, 5) is 11.4. The molecule has 0 amide bonds. The summed E-state index contributed by atoms with van der Waals surface area (Å²) in [7, 11) is 0. The first-order valence-electron chi connectivity index (χ1n) is 10.3. The van der Waals surface area contributed by atoms with E-state index in [4.69, 9.17) is 13.9 Å². The van der Waals surface area contributed by atoms with Crippen LogP contribution in [0.3, 0.4) is 0 Å². The Labute approximate surface area is 181 Å². The largest absolute Gasteiger partial charge is 0.493 e. The van der Waals surface area contributed by atoms with Gasteiger partial charge in [0.15, 0.2) is 0 Å². The van der Waals surface area contributed by atoms with E-state index in [9.17, 15) is 15.0 Å². The lowest BCUT2D eigenvalue weighted by Crippen LogP contribution is -2.22. The fourth-order valence-electron chi connectivity index (χ4n) is 3.09. The highest BCUT2D eigenvalue weighted by molar-refractivity contribution is 5.87. The van der Waals surface area contributed by atoms with E-state index in [1.54, 1.807) is 6.92 Å². The predicted molar refractivity (Wildman–Crippen MR) is 119 cm³/mol. The van der Waals surface area contributed by atoms with Crippen LogP contribution in [0.2, 0.25) is 0 Å². The lowest BCUT2D eigenvalue weighted by atomic mass is 10.0. The molecule has 0 bridgehead atoms. The van der Waals surface area contributed by atoms with E-state index in [0.29, 0.717) is 30.8 Å². The number of carbonyl (C=O) groups excluding carboxylic acids is 1. The van der Waals surface area contributed by atoms with Crippen molar-refractivity contribution in [2.75, 3.05) is 19.8 Å². The predicted octanol–water partition coefficient (Wildman–Crippen LogP) is 4.35. The molecule has 31 heavy (non-hydrogen) atoms. The summed E-state index contributed by atoms with van der Waals surface area (Å²) in [5.74, 6) is 0.765. The maximum absolute atomic E-state index is 11.4. The summed E-state index contributed by atoms with van der Waals surface area (Å²) in [6.45, 7) is 5.18. The topological polar surface area (TPSA) is 89.1 Å². The van der Waals surface area contributed by atoms with Crippen LogP contribution in [0.15, 0.2) is 71.2 Å². The first-order chi connectivity index (χ1) is 15.0. The van der Waals surface area contributed by atoms with E-state index in [0.717, 1.165) is 22.3 Å². The molecule has 2 N–H and O–H groups in total. The molecule has 2 atom stereocenters. The van der Waals surface area contributed by atoms with E-state index in [1.807, 2.05) is 54.6 Å². The van der Waals surface area contributed by atoms with Crippen molar-refractivity contribution in [2.45, 2.75) is 25.9 Å². The number of fused-ring (bicyclic) bond motifs is 1. The Kier molecular flexibility index (Phi) is 7.87. The van der Waals surface area contributed by atoms with Crippen molar-refractivity contribution in [3.8, 4) is 17.1 Å². The third kappa shape index (κ3) is 6.44. The van der Waals surface area contributed by atoms with Gasteiger partial charge in [-0.05, 0) is 38.0 Å². The summed E-state index contributed by atoms with van der Waals surface area (Å²) < 4.78 is 16.7. The smallest absolute Gasteiger partial charge is 0.333 e. The van der Waals surface area contributed by atoms with Gasteiger partial charge >= 0.3 is 5.97 Å². The monoisotopic (exact) mass is 424 g/mol. The van der Waals surface area contributed by atoms with Gasteiger partial charge in [-0.15, -0.1) is 0 Å². The van der Waals surface area contributed by atoms with Gasteiger partial charge in [0.2, 0.25) is 0 Å². The van der Waals surface area contributed by atoms with Gasteiger partial charge in [0.1, 0.15) is 23.7 Å². The van der Waals surface area contributed by atoms with Crippen molar-refractivity contribution < 1.29 is 28.9 Å². The quantitative estimate of drug-likeness (QED) is 0.351. The van der Waals surface area contributed by atoms with Crippen LogP contribution >= 0.6 is 0 Å². The molecule has 0 aliphatic carbocycles. The molecule has 1 heterocycles. The third-order valence-corrected chi connectivity index (χ3v) is 4.96. The summed E-state index contributed by atoms with van der Waals surface area (Å²) in [5, 5.41) is 20.6. The van der Waals surface area contributed by atoms with Crippen LogP contribution < -0.4 is 4.74 Å². The van der Waals surface area contributed by atoms with Crippen LogP contribution in [0.1, 0.15) is 19.8 Å². The molecular formula is C25H28O6. The lowest BCUT2D eigenvalue weighted by Gasteiger charge is -2.17. The molecule has 0 radical (unpaired) electrons. The second-order valence-corrected chi connectivity index (χ2v) is 7.65. The molecule has 1 aromatic heterocycles. The number of hydrogen-bond donors (Lipinski definition) is 2. The summed E-state index contributed by atoms with van der Waals surface area (Å²) in [6.07, 6.45) is 0.118. The average molecular weight is 424 g/mol. The molecule has 2 aromatic carbocycles. The first-order valence-corrected chi connectivity index (χ1v) is 10.3. The number of furan rings is 1. The Bertz CT molecular complexity index is 1010. The highest BCUT2D eigenvalue weighted by atomic mass is 16.5. The number of rotatable bonds is 11. The molecule has 3 aromatic rings. The van der Waals surface area contributed by atoms with E-state index in [2.05, 4.69) is 6.58 Å². The normalized spacial score (nSPS) is 13.0. The molecule has 0 fully saturated rings. The number of aliphatic hydroxyl groups excluding tert-OH is 2. The fraction of sp³-hybridized carbons (Fsp3) is 0.320. The van der Waals surface area contributed by atoms with Gasteiger partial charge in [-0.25, -0.2) is 4.79 Å². The fourth-order valence-corrected chi connectivity index (χ4v) is 3.09. The molecule has 6 nitrogen and oxygen atoms in total. The van der Waals surface area contributed by atoms with Crippen molar-refractivity contribution in [2.24, 2.45) is 5.92 Å². The number of aliphatic hydroxyl groups is 2. The van der Waals surface area contributed by atoms with E-state index in [1.165, 1.54) is 0 Å². The third-order valence-electron chi connectivity index (χ3n) is 4.96. The number of benzene rings is 2. The molecule has 0 saturated heterocycles. The number of hydrogen-bond acceptors (Lipinski definition) is 6. The molecule has 0 aliphatic rings. The Morgan fingerprint density at radius 3 is 2.58 bits per heavy atom. The van der Waals surface area contributed by atoms with Crippen LogP contribution in [0.25, 0.3) is 22.3 Å². The maximum Gasteiger partial charge on any atom is 0.333 e. The molecule has 3 rings (SSSR count). The maximum atomic E-state index is 11.4. The molecule has 2 unspecified atom stereocenters. The number of esters is 1. The summed E-state index contributed by atoms with van der Waals surface area (Å²) in [6, 6.07) is 17.5. The zero-order valence-electron chi connectivity index (χ0n) is 17.6.